The van der Waals surface area contributed by atoms with Crippen LogP contribution in [0.1, 0.15) is 15.9 Å². The molecule has 0 N–H and O–H groups in total. The van der Waals surface area contributed by atoms with Crippen molar-refractivity contribution in [1.29, 1.82) is 0 Å². The molecule has 1 heterocycles. The topological polar surface area (TPSA) is 42.4 Å². The zero-order valence-corrected chi connectivity index (χ0v) is 12.5. The fourth-order valence-electron chi connectivity index (χ4n) is 2.11. The summed E-state index contributed by atoms with van der Waals surface area (Å²) in [5.41, 5.74) is 1.53. The minimum absolute atomic E-state index is 0.250. The Hall–Kier alpha value is -2.98. The minimum atomic E-state index is -0.250. The number of hydroxylamine groups is 1. The fraction of sp³-hybridized carbons (Fsp3) is 0.0526. The predicted molar refractivity (Wildman–Crippen MR) is 88.7 cm³/mol. The maximum absolute atomic E-state index is 12.7. The molecule has 0 atom stereocenters. The number of anilines is 1. The molecule has 0 aliphatic carbocycles. The molecule has 4 heteroatoms. The average molecular weight is 304 g/mol. The number of aromatic nitrogens is 1. The zero-order valence-electron chi connectivity index (χ0n) is 12.5. The van der Waals surface area contributed by atoms with Gasteiger partial charge in [0, 0.05) is 11.8 Å². The van der Waals surface area contributed by atoms with Crippen molar-refractivity contribution in [3.8, 4) is 0 Å². The quantitative estimate of drug-likeness (QED) is 0.672. The van der Waals surface area contributed by atoms with Crippen LogP contribution >= 0.6 is 0 Å². The molecule has 0 unspecified atom stereocenters. The molecule has 0 bridgehead atoms. The molecule has 0 fully saturated rings. The third-order valence-electron chi connectivity index (χ3n) is 3.27. The molecule has 0 aliphatic heterocycles. The highest BCUT2D eigenvalue weighted by atomic mass is 16.7. The molecule has 1 amide bonds. The van der Waals surface area contributed by atoms with Gasteiger partial charge in [0.15, 0.2) is 5.82 Å². The number of carbonyl (C=O) groups excluding carboxylic acids is 1. The third-order valence-corrected chi connectivity index (χ3v) is 3.27. The summed E-state index contributed by atoms with van der Waals surface area (Å²) in [4.78, 5) is 22.7. The van der Waals surface area contributed by atoms with Crippen molar-refractivity contribution < 1.29 is 9.63 Å². The lowest BCUT2D eigenvalue weighted by Crippen LogP contribution is -2.31. The first-order valence-electron chi connectivity index (χ1n) is 7.32. The Labute approximate surface area is 134 Å². The average Bonchev–Trinajstić information content (AvgIpc) is 2.64. The van der Waals surface area contributed by atoms with Gasteiger partial charge in [0.25, 0.3) is 5.91 Å². The Kier molecular flexibility index (Phi) is 4.76. The summed E-state index contributed by atoms with van der Waals surface area (Å²) >= 11 is 0. The fourth-order valence-corrected chi connectivity index (χ4v) is 2.11. The number of benzene rings is 2. The maximum Gasteiger partial charge on any atom is 0.283 e. The maximum atomic E-state index is 12.7. The van der Waals surface area contributed by atoms with Gasteiger partial charge in [0.1, 0.15) is 6.61 Å². The van der Waals surface area contributed by atoms with E-state index in [0.29, 0.717) is 11.4 Å². The number of amides is 1. The lowest BCUT2D eigenvalue weighted by Gasteiger charge is -2.21. The van der Waals surface area contributed by atoms with Gasteiger partial charge in [-0.05, 0) is 29.8 Å². The van der Waals surface area contributed by atoms with E-state index in [2.05, 4.69) is 4.98 Å². The first kappa shape index (κ1) is 14.9. The second kappa shape index (κ2) is 7.33. The molecule has 0 saturated carbocycles. The summed E-state index contributed by atoms with van der Waals surface area (Å²) in [5, 5.41) is 1.24. The van der Waals surface area contributed by atoms with E-state index in [1.165, 1.54) is 5.06 Å². The molecule has 4 nitrogen and oxygen atoms in total. The van der Waals surface area contributed by atoms with Crippen molar-refractivity contribution in [2.45, 2.75) is 6.61 Å². The molecule has 114 valence electrons. The molecule has 3 aromatic rings. The monoisotopic (exact) mass is 304 g/mol. The SMILES string of the molecule is O=C(c1ccccc1)N(OCc1ccccc1)c1ccccn1. The van der Waals surface area contributed by atoms with Crippen molar-refractivity contribution in [2.75, 3.05) is 5.06 Å². The number of hydrogen-bond acceptors (Lipinski definition) is 3. The van der Waals surface area contributed by atoms with Crippen LogP contribution in [-0.2, 0) is 11.4 Å². The molecule has 3 rings (SSSR count). The van der Waals surface area contributed by atoms with Crippen LogP contribution < -0.4 is 5.06 Å². The van der Waals surface area contributed by atoms with E-state index in [1.807, 2.05) is 54.6 Å². The Morgan fingerprint density at radius 2 is 1.52 bits per heavy atom. The Morgan fingerprint density at radius 1 is 0.870 bits per heavy atom. The van der Waals surface area contributed by atoms with Gasteiger partial charge >= 0.3 is 0 Å². The lowest BCUT2D eigenvalue weighted by molar-refractivity contribution is 0.0592. The van der Waals surface area contributed by atoms with Gasteiger partial charge in [-0.1, -0.05) is 54.6 Å². The van der Waals surface area contributed by atoms with Crippen LogP contribution in [0.4, 0.5) is 5.82 Å². The van der Waals surface area contributed by atoms with Crippen molar-refractivity contribution in [2.24, 2.45) is 0 Å². The third kappa shape index (κ3) is 3.81. The molecular formula is C19H16N2O2. The second-order valence-corrected chi connectivity index (χ2v) is 4.91. The summed E-state index contributed by atoms with van der Waals surface area (Å²) in [7, 11) is 0. The smallest absolute Gasteiger partial charge is 0.266 e. The summed E-state index contributed by atoms with van der Waals surface area (Å²) in [6.07, 6.45) is 1.63. The highest BCUT2D eigenvalue weighted by molar-refractivity contribution is 6.04. The number of nitrogens with zero attached hydrogens (tertiary/aromatic N) is 2. The molecule has 0 spiro atoms. The Bertz CT molecular complexity index is 746. The van der Waals surface area contributed by atoms with Gasteiger partial charge in [-0.25, -0.2) is 4.98 Å². The summed E-state index contributed by atoms with van der Waals surface area (Å²) in [6, 6.07) is 24.1. The van der Waals surface area contributed by atoms with Crippen LogP contribution in [0, 0.1) is 0 Å². The largest absolute Gasteiger partial charge is 0.283 e. The standard InChI is InChI=1S/C19H16N2O2/c22-19(17-11-5-2-6-12-17)21(18-13-7-8-14-20-18)23-15-16-9-3-1-4-10-16/h1-14H,15H2. The molecule has 0 saturated heterocycles. The van der Waals surface area contributed by atoms with Crippen LogP contribution in [0.25, 0.3) is 0 Å². The summed E-state index contributed by atoms with van der Waals surface area (Å²) < 4.78 is 0. The number of rotatable bonds is 5. The van der Waals surface area contributed by atoms with Crippen LogP contribution in [0.2, 0.25) is 0 Å². The highest BCUT2D eigenvalue weighted by Crippen LogP contribution is 2.16. The van der Waals surface area contributed by atoms with Crippen molar-refractivity contribution in [3.05, 3.63) is 96.2 Å². The van der Waals surface area contributed by atoms with Crippen molar-refractivity contribution >= 4 is 11.7 Å². The second-order valence-electron chi connectivity index (χ2n) is 4.91. The molecule has 0 aliphatic rings. The van der Waals surface area contributed by atoms with E-state index in [0.717, 1.165) is 5.56 Å². The van der Waals surface area contributed by atoms with Crippen molar-refractivity contribution in [1.82, 2.24) is 4.98 Å². The normalized spacial score (nSPS) is 10.3. The van der Waals surface area contributed by atoms with E-state index in [-0.39, 0.29) is 12.5 Å². The number of pyridine rings is 1. The van der Waals surface area contributed by atoms with E-state index in [1.54, 1.807) is 30.5 Å². The Balaban J connectivity index is 1.84. The molecule has 0 radical (unpaired) electrons. The molecule has 1 aromatic heterocycles. The Morgan fingerprint density at radius 3 is 2.17 bits per heavy atom. The number of carbonyl (C=O) groups is 1. The van der Waals surface area contributed by atoms with Gasteiger partial charge in [-0.3, -0.25) is 9.63 Å². The van der Waals surface area contributed by atoms with Crippen LogP contribution in [0.5, 0.6) is 0 Å². The van der Waals surface area contributed by atoms with Crippen molar-refractivity contribution in [3.63, 3.8) is 0 Å². The summed E-state index contributed by atoms with van der Waals surface area (Å²) in [6.45, 7) is 0.288. The minimum Gasteiger partial charge on any atom is -0.266 e. The number of hydrogen-bond donors (Lipinski definition) is 0. The van der Waals surface area contributed by atoms with Crippen LogP contribution in [0.15, 0.2) is 85.1 Å². The first-order valence-corrected chi connectivity index (χ1v) is 7.32. The van der Waals surface area contributed by atoms with E-state index < -0.39 is 0 Å². The van der Waals surface area contributed by atoms with Gasteiger partial charge < -0.3 is 0 Å². The molecular weight excluding hydrogens is 288 g/mol. The predicted octanol–water partition coefficient (Wildman–Crippen LogP) is 3.86. The van der Waals surface area contributed by atoms with Crippen LogP contribution in [0.3, 0.4) is 0 Å². The van der Waals surface area contributed by atoms with Crippen LogP contribution in [-0.4, -0.2) is 10.9 Å². The summed E-state index contributed by atoms with van der Waals surface area (Å²) in [5.74, 6) is 0.206. The van der Waals surface area contributed by atoms with Gasteiger partial charge in [0.2, 0.25) is 0 Å². The molecule has 2 aromatic carbocycles. The van der Waals surface area contributed by atoms with Gasteiger partial charge in [-0.15, -0.1) is 0 Å². The van der Waals surface area contributed by atoms with E-state index in [9.17, 15) is 4.79 Å². The van der Waals surface area contributed by atoms with E-state index in [4.69, 9.17) is 4.84 Å². The lowest BCUT2D eigenvalue weighted by atomic mass is 10.2. The highest BCUT2D eigenvalue weighted by Gasteiger charge is 2.19. The van der Waals surface area contributed by atoms with Gasteiger partial charge in [0.05, 0.1) is 0 Å². The van der Waals surface area contributed by atoms with E-state index >= 15 is 0 Å². The molecule has 23 heavy (non-hydrogen) atoms. The first-order chi connectivity index (χ1) is 11.3. The van der Waals surface area contributed by atoms with Gasteiger partial charge in [-0.2, -0.15) is 5.06 Å². The zero-order chi connectivity index (χ0) is 15.9.